The summed E-state index contributed by atoms with van der Waals surface area (Å²) in [5, 5.41) is 30.7. The maximum absolute atomic E-state index is 12.9. The van der Waals surface area contributed by atoms with Crippen molar-refractivity contribution in [1.29, 1.82) is 0 Å². The number of aromatic hydroxyl groups is 2. The number of para-hydroxylation sites is 5. The fourth-order valence-electron chi connectivity index (χ4n) is 5.98. The highest BCUT2D eigenvalue weighted by molar-refractivity contribution is 6.13. The number of phenolic OH excluding ortho intramolecular Hbond substituents is 2. The number of fused-ring (bicyclic) bond motifs is 3. The third-order valence-corrected chi connectivity index (χ3v) is 8.62. The number of carbonyl (C=O) groups is 2. The molecule has 0 radical (unpaired) electrons. The molecule has 2 aromatic heterocycles. The highest BCUT2D eigenvalue weighted by Crippen LogP contribution is 2.35. The molecule has 9 rings (SSSR count). The van der Waals surface area contributed by atoms with E-state index in [9.17, 15) is 19.8 Å². The van der Waals surface area contributed by atoms with Crippen LogP contribution in [-0.4, -0.2) is 32.1 Å². The maximum Gasteiger partial charge on any atom is 0.323 e. The minimum absolute atomic E-state index is 0.0190. The van der Waals surface area contributed by atoms with Gasteiger partial charge in [-0.3, -0.25) is 4.79 Å². The standard InChI is InChI=1S/C24H16N2O3.C20H15N3O3/c27-21-13-12-16(14-19(21)24-26-20-10-3-4-11-22(20)29-24)25-23(28)18-9-5-7-15-6-1-2-8-17(15)18;24-17-11-10-14(22-20(25)21-13-6-2-1-3-7-13)12-15(17)19-23-16-8-4-5-9-18(16)26-19/h1-14,27H,(H,25,28);1-12,24H,(H2,21,22,25). The number of aromatic nitrogens is 2. The predicted octanol–water partition coefficient (Wildman–Crippen LogP) is 10.5. The lowest BCUT2D eigenvalue weighted by molar-refractivity contribution is 0.102. The van der Waals surface area contributed by atoms with E-state index < -0.39 is 0 Å². The molecule has 11 nitrogen and oxygen atoms in total. The fraction of sp³-hybridized carbons (Fsp3) is 0. The first-order chi connectivity index (χ1) is 26.9. The van der Waals surface area contributed by atoms with Crippen LogP contribution in [0.5, 0.6) is 11.5 Å². The van der Waals surface area contributed by atoms with Gasteiger partial charge in [-0.2, -0.15) is 0 Å². The van der Waals surface area contributed by atoms with E-state index in [4.69, 9.17) is 8.83 Å². The lowest BCUT2D eigenvalue weighted by atomic mass is 10.0. The molecule has 5 N–H and O–H groups in total. The Balaban J connectivity index is 0.000000156. The van der Waals surface area contributed by atoms with E-state index in [1.165, 1.54) is 12.1 Å². The van der Waals surface area contributed by atoms with Crippen molar-refractivity contribution in [1.82, 2.24) is 9.97 Å². The molecule has 0 atom stereocenters. The van der Waals surface area contributed by atoms with Crippen molar-refractivity contribution in [2.75, 3.05) is 16.0 Å². The second-order valence-corrected chi connectivity index (χ2v) is 12.4. The average Bonchev–Trinajstić information content (AvgIpc) is 3.85. The summed E-state index contributed by atoms with van der Waals surface area (Å²) in [4.78, 5) is 33.8. The van der Waals surface area contributed by atoms with Crippen LogP contribution in [0.2, 0.25) is 0 Å². The summed E-state index contributed by atoms with van der Waals surface area (Å²) in [7, 11) is 0. The molecule has 0 bridgehead atoms. The van der Waals surface area contributed by atoms with Gasteiger partial charge in [0.25, 0.3) is 5.91 Å². The first kappa shape index (κ1) is 34.2. The molecule has 2 heterocycles. The Morgan fingerprint density at radius 1 is 0.491 bits per heavy atom. The van der Waals surface area contributed by atoms with E-state index >= 15 is 0 Å². The molecule has 55 heavy (non-hydrogen) atoms. The molecule has 0 aliphatic carbocycles. The predicted molar refractivity (Wildman–Crippen MR) is 213 cm³/mol. The Morgan fingerprint density at radius 3 is 1.62 bits per heavy atom. The lowest BCUT2D eigenvalue weighted by Crippen LogP contribution is -2.19. The van der Waals surface area contributed by atoms with Crippen LogP contribution in [0.25, 0.3) is 55.9 Å². The normalized spacial score (nSPS) is 10.8. The number of oxazole rings is 2. The molecule has 0 spiro atoms. The van der Waals surface area contributed by atoms with Gasteiger partial charge in [-0.15, -0.1) is 0 Å². The molecule has 0 unspecified atom stereocenters. The monoisotopic (exact) mass is 725 g/mol. The van der Waals surface area contributed by atoms with E-state index in [0.717, 1.165) is 10.8 Å². The molecule has 11 heteroatoms. The smallest absolute Gasteiger partial charge is 0.323 e. The van der Waals surface area contributed by atoms with Crippen LogP contribution < -0.4 is 16.0 Å². The number of nitrogens with one attached hydrogen (secondary N) is 3. The lowest BCUT2D eigenvalue weighted by Gasteiger charge is -2.09. The van der Waals surface area contributed by atoms with Gasteiger partial charge in [0.15, 0.2) is 11.2 Å². The molecular weight excluding hydrogens is 695 g/mol. The Hall–Kier alpha value is -7.92. The quantitative estimate of drug-likeness (QED) is 0.106. The van der Waals surface area contributed by atoms with Gasteiger partial charge in [-0.1, -0.05) is 78.9 Å². The minimum atomic E-state index is -0.384. The van der Waals surface area contributed by atoms with Gasteiger partial charge in [0.1, 0.15) is 22.5 Å². The zero-order valence-electron chi connectivity index (χ0n) is 28.9. The number of amides is 3. The number of anilines is 3. The van der Waals surface area contributed by atoms with Crippen LogP contribution in [0, 0.1) is 0 Å². The first-order valence-electron chi connectivity index (χ1n) is 17.2. The number of urea groups is 1. The van der Waals surface area contributed by atoms with Crippen molar-refractivity contribution in [3.63, 3.8) is 0 Å². The van der Waals surface area contributed by atoms with Crippen molar-refractivity contribution in [2.45, 2.75) is 0 Å². The zero-order chi connectivity index (χ0) is 37.7. The van der Waals surface area contributed by atoms with Crippen molar-refractivity contribution >= 4 is 62.0 Å². The Labute approximate surface area is 313 Å². The molecule has 0 aliphatic rings. The molecule has 0 fully saturated rings. The summed E-state index contributed by atoms with van der Waals surface area (Å²) in [5.41, 5.74) is 5.79. The van der Waals surface area contributed by atoms with E-state index in [2.05, 4.69) is 25.9 Å². The molecule has 3 amide bonds. The average molecular weight is 726 g/mol. The summed E-state index contributed by atoms with van der Waals surface area (Å²) >= 11 is 0. The van der Waals surface area contributed by atoms with E-state index in [1.54, 1.807) is 48.5 Å². The van der Waals surface area contributed by atoms with Gasteiger partial charge in [-0.25, -0.2) is 14.8 Å². The van der Waals surface area contributed by atoms with Crippen LogP contribution >= 0.6 is 0 Å². The van der Waals surface area contributed by atoms with Crippen LogP contribution in [0.1, 0.15) is 10.4 Å². The third kappa shape index (κ3) is 7.52. The van der Waals surface area contributed by atoms with Crippen molar-refractivity contribution in [3.8, 4) is 34.4 Å². The summed E-state index contributed by atoms with van der Waals surface area (Å²) in [6, 6.07) is 46.4. The Morgan fingerprint density at radius 2 is 1.00 bits per heavy atom. The zero-order valence-corrected chi connectivity index (χ0v) is 28.9. The number of nitrogens with zero attached hydrogens (tertiary/aromatic N) is 2. The van der Waals surface area contributed by atoms with Gasteiger partial charge in [0.2, 0.25) is 11.8 Å². The van der Waals surface area contributed by atoms with Crippen molar-refractivity contribution in [3.05, 3.63) is 163 Å². The molecular formula is C44H31N5O6. The van der Waals surface area contributed by atoms with Gasteiger partial charge in [0.05, 0.1) is 11.1 Å². The highest BCUT2D eigenvalue weighted by atomic mass is 16.4. The molecule has 0 saturated carbocycles. The van der Waals surface area contributed by atoms with Gasteiger partial charge in [0, 0.05) is 22.6 Å². The molecule has 7 aromatic carbocycles. The Bertz CT molecular complexity index is 2760. The van der Waals surface area contributed by atoms with E-state index in [0.29, 0.717) is 61.8 Å². The SMILES string of the molecule is O=C(Nc1ccc(O)c(-c2nc3ccccc3o2)c1)c1cccc2ccccc12.O=C(Nc1ccccc1)Nc1ccc(O)c(-c2nc3ccccc3o2)c1. The fourth-order valence-corrected chi connectivity index (χ4v) is 5.98. The molecule has 0 aliphatic heterocycles. The highest BCUT2D eigenvalue weighted by Gasteiger charge is 2.16. The third-order valence-electron chi connectivity index (χ3n) is 8.62. The number of rotatable bonds is 6. The van der Waals surface area contributed by atoms with Crippen LogP contribution in [0.3, 0.4) is 0 Å². The first-order valence-corrected chi connectivity index (χ1v) is 17.2. The second kappa shape index (κ2) is 15.0. The molecule has 9 aromatic rings. The summed E-state index contributed by atoms with van der Waals surface area (Å²) in [6.07, 6.45) is 0. The number of phenols is 2. The van der Waals surface area contributed by atoms with Gasteiger partial charge < -0.3 is 35.0 Å². The van der Waals surface area contributed by atoms with Crippen molar-refractivity contribution in [2.24, 2.45) is 0 Å². The van der Waals surface area contributed by atoms with E-state index in [-0.39, 0.29) is 29.3 Å². The minimum Gasteiger partial charge on any atom is -0.507 e. The number of carbonyl (C=O) groups excluding carboxylic acids is 2. The van der Waals surface area contributed by atoms with Gasteiger partial charge in [-0.05, 0) is 89.6 Å². The van der Waals surface area contributed by atoms with Gasteiger partial charge >= 0.3 is 6.03 Å². The second-order valence-electron chi connectivity index (χ2n) is 12.4. The summed E-state index contributed by atoms with van der Waals surface area (Å²) in [5.74, 6) is 0.405. The number of hydrogen-bond acceptors (Lipinski definition) is 8. The van der Waals surface area contributed by atoms with E-state index in [1.807, 2.05) is 97.1 Å². The molecule has 0 saturated heterocycles. The number of benzene rings is 7. The van der Waals surface area contributed by atoms with Crippen LogP contribution in [-0.2, 0) is 0 Å². The Kier molecular flexibility index (Phi) is 9.31. The van der Waals surface area contributed by atoms with Crippen LogP contribution in [0.15, 0.2) is 167 Å². The summed E-state index contributed by atoms with van der Waals surface area (Å²) < 4.78 is 11.4. The molecule has 268 valence electrons. The maximum atomic E-state index is 12.9. The summed E-state index contributed by atoms with van der Waals surface area (Å²) in [6.45, 7) is 0. The largest absolute Gasteiger partial charge is 0.507 e. The number of hydrogen-bond donors (Lipinski definition) is 5. The topological polar surface area (TPSA) is 163 Å². The van der Waals surface area contributed by atoms with Crippen LogP contribution in [0.4, 0.5) is 21.9 Å². The van der Waals surface area contributed by atoms with Crippen molar-refractivity contribution < 1.29 is 28.6 Å².